The van der Waals surface area contributed by atoms with Crippen molar-refractivity contribution in [3.05, 3.63) is 53.8 Å². The van der Waals surface area contributed by atoms with Gasteiger partial charge in [0.15, 0.2) is 23.3 Å². The maximum absolute atomic E-state index is 13.6. The minimum Gasteiger partial charge on any atom is -0.360 e. The summed E-state index contributed by atoms with van der Waals surface area (Å²) in [7, 11) is 0. The van der Waals surface area contributed by atoms with Crippen molar-refractivity contribution >= 4 is 23.1 Å². The average molecular weight is 321 g/mol. The van der Waals surface area contributed by atoms with Gasteiger partial charge in [-0.1, -0.05) is 5.16 Å². The van der Waals surface area contributed by atoms with Crippen molar-refractivity contribution in [3.8, 4) is 0 Å². The molecule has 0 saturated heterocycles. The van der Waals surface area contributed by atoms with Gasteiger partial charge in [-0.05, 0) is 19.1 Å². The highest BCUT2D eigenvalue weighted by Crippen LogP contribution is 2.24. The molecular formula is C14H10F3N5O. The zero-order valence-electron chi connectivity index (χ0n) is 11.8. The molecular weight excluding hydrogens is 311 g/mol. The number of aromatic nitrogens is 3. The van der Waals surface area contributed by atoms with Crippen molar-refractivity contribution in [1.29, 1.82) is 0 Å². The number of aryl methyl sites for hydroxylation is 1. The number of benzene rings is 1. The van der Waals surface area contributed by atoms with E-state index in [1.807, 2.05) is 0 Å². The van der Waals surface area contributed by atoms with Gasteiger partial charge in [0.1, 0.15) is 23.7 Å². The second-order valence-corrected chi connectivity index (χ2v) is 4.58. The first kappa shape index (κ1) is 14.8. The number of rotatable bonds is 4. The van der Waals surface area contributed by atoms with Crippen molar-refractivity contribution in [2.75, 3.05) is 10.6 Å². The second kappa shape index (κ2) is 5.95. The predicted octanol–water partition coefficient (Wildman–Crippen LogP) is 3.68. The molecule has 0 aliphatic rings. The van der Waals surface area contributed by atoms with Crippen LogP contribution < -0.4 is 10.6 Å². The van der Waals surface area contributed by atoms with Gasteiger partial charge < -0.3 is 15.2 Å². The first-order chi connectivity index (χ1) is 11.0. The van der Waals surface area contributed by atoms with E-state index in [1.54, 1.807) is 13.0 Å². The van der Waals surface area contributed by atoms with Crippen LogP contribution in [-0.4, -0.2) is 15.1 Å². The summed E-state index contributed by atoms with van der Waals surface area (Å²) >= 11 is 0. The summed E-state index contributed by atoms with van der Waals surface area (Å²) in [6.07, 6.45) is 1.22. The average Bonchev–Trinajstić information content (AvgIpc) is 2.93. The maximum atomic E-state index is 13.6. The molecule has 6 nitrogen and oxygen atoms in total. The first-order valence-electron chi connectivity index (χ1n) is 6.46. The van der Waals surface area contributed by atoms with E-state index in [1.165, 1.54) is 12.4 Å². The quantitative estimate of drug-likeness (QED) is 0.714. The Morgan fingerprint density at radius 1 is 0.913 bits per heavy atom. The third kappa shape index (κ3) is 3.23. The Kier molecular flexibility index (Phi) is 3.83. The highest BCUT2D eigenvalue weighted by molar-refractivity contribution is 5.61. The normalized spacial score (nSPS) is 10.6. The van der Waals surface area contributed by atoms with Crippen LogP contribution in [0.1, 0.15) is 5.76 Å². The standard InChI is InChI=1S/C14H10F3N5O/c1-7-4-12(22-23-7)21-11-5-10(18-6-19-11)20-9-3-2-8(15)13(16)14(9)17/h2-6H,1H3,(H2,18,19,20,21,22). The smallest absolute Gasteiger partial charge is 0.196 e. The number of hydrogen-bond acceptors (Lipinski definition) is 6. The van der Waals surface area contributed by atoms with E-state index in [0.29, 0.717) is 17.4 Å². The van der Waals surface area contributed by atoms with Crippen molar-refractivity contribution < 1.29 is 17.7 Å². The van der Waals surface area contributed by atoms with Gasteiger partial charge in [0.05, 0.1) is 5.69 Å². The van der Waals surface area contributed by atoms with E-state index >= 15 is 0 Å². The molecule has 2 aromatic heterocycles. The predicted molar refractivity (Wildman–Crippen MR) is 76.2 cm³/mol. The van der Waals surface area contributed by atoms with Gasteiger partial charge in [0.25, 0.3) is 0 Å². The van der Waals surface area contributed by atoms with Crippen LogP contribution >= 0.6 is 0 Å². The van der Waals surface area contributed by atoms with Crippen LogP contribution in [-0.2, 0) is 0 Å². The molecule has 0 atom stereocenters. The maximum Gasteiger partial charge on any atom is 0.196 e. The lowest BCUT2D eigenvalue weighted by atomic mass is 10.3. The molecule has 3 rings (SSSR count). The van der Waals surface area contributed by atoms with Gasteiger partial charge in [-0.3, -0.25) is 0 Å². The van der Waals surface area contributed by atoms with Gasteiger partial charge >= 0.3 is 0 Å². The van der Waals surface area contributed by atoms with Crippen LogP contribution in [0.15, 0.2) is 35.1 Å². The van der Waals surface area contributed by atoms with Crippen LogP contribution in [0.2, 0.25) is 0 Å². The summed E-state index contributed by atoms with van der Waals surface area (Å²) in [4.78, 5) is 7.85. The number of hydrogen-bond donors (Lipinski definition) is 2. The fourth-order valence-corrected chi connectivity index (χ4v) is 1.81. The molecule has 2 heterocycles. The Labute approximate surface area is 128 Å². The Morgan fingerprint density at radius 2 is 1.65 bits per heavy atom. The van der Waals surface area contributed by atoms with E-state index in [2.05, 4.69) is 25.8 Å². The summed E-state index contributed by atoms with van der Waals surface area (Å²) in [6, 6.07) is 5.00. The minimum absolute atomic E-state index is 0.188. The summed E-state index contributed by atoms with van der Waals surface area (Å²) < 4.78 is 44.7. The number of halogens is 3. The van der Waals surface area contributed by atoms with Crippen molar-refractivity contribution in [2.24, 2.45) is 0 Å². The van der Waals surface area contributed by atoms with Crippen molar-refractivity contribution in [2.45, 2.75) is 6.92 Å². The number of anilines is 4. The fraction of sp³-hybridized carbons (Fsp3) is 0.0714. The summed E-state index contributed by atoms with van der Waals surface area (Å²) in [6.45, 7) is 1.73. The van der Waals surface area contributed by atoms with Gasteiger partial charge in [-0.2, -0.15) is 0 Å². The number of nitrogens with one attached hydrogen (secondary N) is 2. The molecule has 0 unspecified atom stereocenters. The van der Waals surface area contributed by atoms with E-state index in [0.717, 1.165) is 12.1 Å². The molecule has 118 valence electrons. The third-order valence-electron chi connectivity index (χ3n) is 2.85. The fourth-order valence-electron chi connectivity index (χ4n) is 1.81. The molecule has 0 spiro atoms. The molecule has 2 N–H and O–H groups in total. The monoisotopic (exact) mass is 321 g/mol. The Bertz CT molecular complexity index is 852. The molecule has 0 fully saturated rings. The van der Waals surface area contributed by atoms with E-state index < -0.39 is 17.5 Å². The summed E-state index contributed by atoms with van der Waals surface area (Å²) in [5, 5.41) is 9.16. The van der Waals surface area contributed by atoms with Crippen LogP contribution in [0.5, 0.6) is 0 Å². The molecule has 3 aromatic rings. The summed E-state index contributed by atoms with van der Waals surface area (Å²) in [5.41, 5.74) is -0.245. The van der Waals surface area contributed by atoms with Crippen LogP contribution in [0.4, 0.5) is 36.3 Å². The third-order valence-corrected chi connectivity index (χ3v) is 2.85. The lowest BCUT2D eigenvalue weighted by Crippen LogP contribution is -2.02. The molecule has 23 heavy (non-hydrogen) atoms. The highest BCUT2D eigenvalue weighted by atomic mass is 19.2. The second-order valence-electron chi connectivity index (χ2n) is 4.58. The lowest BCUT2D eigenvalue weighted by Gasteiger charge is -2.08. The van der Waals surface area contributed by atoms with Crippen molar-refractivity contribution in [1.82, 2.24) is 15.1 Å². The molecule has 0 bridgehead atoms. The van der Waals surface area contributed by atoms with E-state index in [4.69, 9.17) is 4.52 Å². The Balaban J connectivity index is 1.81. The largest absolute Gasteiger partial charge is 0.360 e. The molecule has 1 aromatic carbocycles. The topological polar surface area (TPSA) is 75.9 Å². The molecule has 0 aliphatic heterocycles. The zero-order chi connectivity index (χ0) is 16.4. The first-order valence-corrected chi connectivity index (χ1v) is 6.46. The van der Waals surface area contributed by atoms with Crippen LogP contribution in [0.3, 0.4) is 0 Å². The molecule has 0 amide bonds. The molecule has 0 saturated carbocycles. The lowest BCUT2D eigenvalue weighted by molar-refractivity contribution is 0.400. The van der Waals surface area contributed by atoms with Gasteiger partial charge in [0, 0.05) is 12.1 Å². The number of nitrogens with zero attached hydrogens (tertiary/aromatic N) is 3. The summed E-state index contributed by atoms with van der Waals surface area (Å²) in [5.74, 6) is -2.55. The molecule has 0 radical (unpaired) electrons. The highest BCUT2D eigenvalue weighted by Gasteiger charge is 2.14. The molecule has 0 aliphatic carbocycles. The van der Waals surface area contributed by atoms with Gasteiger partial charge in [0.2, 0.25) is 0 Å². The van der Waals surface area contributed by atoms with E-state index in [-0.39, 0.29) is 11.5 Å². The minimum atomic E-state index is -1.56. The van der Waals surface area contributed by atoms with Gasteiger partial charge in [-0.15, -0.1) is 0 Å². The van der Waals surface area contributed by atoms with Gasteiger partial charge in [-0.25, -0.2) is 23.1 Å². The SMILES string of the molecule is Cc1cc(Nc2cc(Nc3ccc(F)c(F)c3F)ncn2)no1. The Hall–Kier alpha value is -3.10. The van der Waals surface area contributed by atoms with Crippen LogP contribution in [0.25, 0.3) is 0 Å². The Morgan fingerprint density at radius 3 is 2.35 bits per heavy atom. The van der Waals surface area contributed by atoms with Crippen LogP contribution in [0, 0.1) is 24.4 Å². The van der Waals surface area contributed by atoms with Crippen molar-refractivity contribution in [3.63, 3.8) is 0 Å². The zero-order valence-corrected chi connectivity index (χ0v) is 11.8. The van der Waals surface area contributed by atoms with E-state index in [9.17, 15) is 13.2 Å². The molecule has 9 heteroatoms.